The van der Waals surface area contributed by atoms with Gasteiger partial charge >= 0.3 is 0 Å². The molecule has 1 N–H and O–H groups in total. The average Bonchev–Trinajstić information content (AvgIpc) is 2.96. The molecular weight excluding hydrogens is 373 g/mol. The van der Waals surface area contributed by atoms with Crippen molar-refractivity contribution < 1.29 is 17.9 Å². The minimum absolute atomic E-state index is 0.0850. The van der Waals surface area contributed by atoms with Crippen molar-refractivity contribution in [2.24, 2.45) is 4.99 Å². The average molecular weight is 389 g/mol. The molecule has 0 bridgehead atoms. The Morgan fingerprint density at radius 3 is 2.59 bits per heavy atom. The molecule has 1 aromatic carbocycles. The number of nitriles is 1. The van der Waals surface area contributed by atoms with Gasteiger partial charge in [-0.3, -0.25) is 14.4 Å². The van der Waals surface area contributed by atoms with Crippen LogP contribution in [-0.2, 0) is 9.84 Å². The fourth-order valence-corrected chi connectivity index (χ4v) is 4.78. The van der Waals surface area contributed by atoms with Crippen LogP contribution in [0.3, 0.4) is 0 Å². The molecule has 27 heavy (non-hydrogen) atoms. The van der Waals surface area contributed by atoms with E-state index in [-0.39, 0.29) is 34.6 Å². The molecule has 2 aromatic rings. The van der Waals surface area contributed by atoms with Gasteiger partial charge in [-0.1, -0.05) is 0 Å². The van der Waals surface area contributed by atoms with Crippen molar-refractivity contribution in [3.05, 3.63) is 57.1 Å². The molecule has 7 nitrogen and oxygen atoms in total. The summed E-state index contributed by atoms with van der Waals surface area (Å²) in [5.41, 5.74) is -0.121. The van der Waals surface area contributed by atoms with Gasteiger partial charge in [-0.05, 0) is 43.2 Å². The molecule has 1 atom stereocenters. The van der Waals surface area contributed by atoms with Crippen molar-refractivity contribution in [3.8, 4) is 11.9 Å². The molecule has 1 aromatic heterocycles. The lowest BCUT2D eigenvalue weighted by atomic mass is 10.0. The highest BCUT2D eigenvalue weighted by atomic mass is 32.2. The van der Waals surface area contributed by atoms with Crippen LogP contribution in [0.2, 0.25) is 0 Å². The zero-order valence-electron chi connectivity index (χ0n) is 14.4. The Kier molecular flexibility index (Phi) is 4.85. The summed E-state index contributed by atoms with van der Waals surface area (Å²) < 4.78 is 37.5. The molecule has 0 spiro atoms. The summed E-state index contributed by atoms with van der Waals surface area (Å²) in [5, 5.41) is 20.0. The van der Waals surface area contributed by atoms with Crippen molar-refractivity contribution in [2.75, 3.05) is 11.5 Å². The number of sulfone groups is 1. The molecular formula is C18H16FN3O4S. The van der Waals surface area contributed by atoms with E-state index in [0.29, 0.717) is 5.69 Å². The molecule has 0 radical (unpaired) electrons. The Labute approximate surface area is 155 Å². The second-order valence-electron chi connectivity index (χ2n) is 6.32. The Morgan fingerprint density at radius 2 is 2.04 bits per heavy atom. The monoisotopic (exact) mass is 389 g/mol. The summed E-state index contributed by atoms with van der Waals surface area (Å²) in [7, 11) is -3.30. The maximum Gasteiger partial charge on any atom is 0.271 e. The summed E-state index contributed by atoms with van der Waals surface area (Å²) in [6.45, 7) is 1.50. The van der Waals surface area contributed by atoms with Crippen molar-refractivity contribution in [1.82, 2.24) is 4.57 Å². The van der Waals surface area contributed by atoms with Crippen LogP contribution in [0.25, 0.3) is 0 Å². The molecule has 9 heteroatoms. The first-order valence-electron chi connectivity index (χ1n) is 8.11. The van der Waals surface area contributed by atoms with E-state index in [9.17, 15) is 28.0 Å². The molecule has 140 valence electrons. The number of aliphatic imine (C=N–C) groups is 1. The number of nitrogens with zero attached hydrogens (tertiary/aromatic N) is 3. The summed E-state index contributed by atoms with van der Waals surface area (Å²) in [6, 6.07) is 6.39. The molecule has 0 saturated carbocycles. The highest BCUT2D eigenvalue weighted by molar-refractivity contribution is 7.91. The molecule has 0 aliphatic carbocycles. The number of pyridine rings is 1. The van der Waals surface area contributed by atoms with Gasteiger partial charge in [0.2, 0.25) is 5.88 Å². The number of rotatable bonds is 3. The smallest absolute Gasteiger partial charge is 0.271 e. The van der Waals surface area contributed by atoms with Crippen LogP contribution in [0.15, 0.2) is 34.1 Å². The van der Waals surface area contributed by atoms with E-state index in [0.717, 1.165) is 4.57 Å². The zero-order chi connectivity index (χ0) is 19.8. The number of hydrogen-bond acceptors (Lipinski definition) is 6. The van der Waals surface area contributed by atoms with Crippen molar-refractivity contribution >= 4 is 21.7 Å². The summed E-state index contributed by atoms with van der Waals surface area (Å²) in [4.78, 5) is 16.7. The lowest BCUT2D eigenvalue weighted by Crippen LogP contribution is -2.29. The van der Waals surface area contributed by atoms with E-state index in [1.54, 1.807) is 0 Å². The van der Waals surface area contributed by atoms with Gasteiger partial charge < -0.3 is 5.11 Å². The second kappa shape index (κ2) is 6.96. The van der Waals surface area contributed by atoms with Gasteiger partial charge in [0.25, 0.3) is 5.56 Å². The highest BCUT2D eigenvalue weighted by Gasteiger charge is 2.33. The van der Waals surface area contributed by atoms with Crippen LogP contribution in [0.1, 0.15) is 29.2 Å². The van der Waals surface area contributed by atoms with Crippen LogP contribution < -0.4 is 5.56 Å². The summed E-state index contributed by atoms with van der Waals surface area (Å²) >= 11 is 0. The topological polar surface area (TPSA) is 113 Å². The normalized spacial score (nSPS) is 18.6. The van der Waals surface area contributed by atoms with Crippen molar-refractivity contribution in [1.29, 1.82) is 5.26 Å². The van der Waals surface area contributed by atoms with Crippen LogP contribution in [0.5, 0.6) is 5.88 Å². The Hall–Kier alpha value is -2.99. The Morgan fingerprint density at radius 1 is 1.37 bits per heavy atom. The van der Waals surface area contributed by atoms with Gasteiger partial charge in [0.1, 0.15) is 17.4 Å². The quantitative estimate of drug-likeness (QED) is 0.807. The van der Waals surface area contributed by atoms with Gasteiger partial charge in [0.05, 0.1) is 28.8 Å². The van der Waals surface area contributed by atoms with E-state index in [1.165, 1.54) is 37.4 Å². The molecule has 1 saturated heterocycles. The van der Waals surface area contributed by atoms with E-state index < -0.39 is 33.1 Å². The van der Waals surface area contributed by atoms with E-state index in [4.69, 9.17) is 0 Å². The number of aromatic hydroxyl groups is 1. The Balaban J connectivity index is 2.14. The molecule has 1 aliphatic heterocycles. The standard InChI is InChI=1S/C18H16FN3O4S/c1-11-15(8-20)17(23)22(14-6-7-27(25,26)10-14)18(24)16(11)9-21-13-4-2-12(19)3-5-13/h2-5,9,14,24H,6-7,10H2,1H3/t14-/m0/s1. The van der Waals surface area contributed by atoms with E-state index >= 15 is 0 Å². The summed E-state index contributed by atoms with van der Waals surface area (Å²) in [6.07, 6.45) is 1.45. The Bertz CT molecular complexity index is 1130. The SMILES string of the molecule is Cc1c(C=Nc2ccc(F)cc2)c(O)n([C@H]2CCS(=O)(=O)C2)c(=O)c1C#N. The van der Waals surface area contributed by atoms with E-state index in [1.807, 2.05) is 6.07 Å². The summed E-state index contributed by atoms with van der Waals surface area (Å²) in [5.74, 6) is -1.22. The van der Waals surface area contributed by atoms with Gasteiger partial charge in [-0.25, -0.2) is 12.8 Å². The highest BCUT2D eigenvalue weighted by Crippen LogP contribution is 2.29. The van der Waals surface area contributed by atoms with Gasteiger partial charge in [-0.15, -0.1) is 0 Å². The van der Waals surface area contributed by atoms with Crippen LogP contribution in [0.4, 0.5) is 10.1 Å². The van der Waals surface area contributed by atoms with E-state index in [2.05, 4.69) is 4.99 Å². The predicted molar refractivity (Wildman–Crippen MR) is 97.8 cm³/mol. The van der Waals surface area contributed by atoms with Gasteiger partial charge in [0.15, 0.2) is 9.84 Å². The molecule has 3 rings (SSSR count). The van der Waals surface area contributed by atoms with Crippen LogP contribution >= 0.6 is 0 Å². The maximum absolute atomic E-state index is 13.0. The van der Waals surface area contributed by atoms with Crippen molar-refractivity contribution in [2.45, 2.75) is 19.4 Å². The lowest BCUT2D eigenvalue weighted by molar-refractivity contribution is 0.379. The molecule has 1 aliphatic rings. The number of halogens is 1. The fourth-order valence-electron chi connectivity index (χ4n) is 3.08. The molecule has 0 unspecified atom stereocenters. The van der Waals surface area contributed by atoms with Crippen LogP contribution in [-0.4, -0.2) is 35.8 Å². The van der Waals surface area contributed by atoms with Gasteiger partial charge in [0, 0.05) is 6.21 Å². The number of hydrogen-bond donors (Lipinski definition) is 1. The number of benzene rings is 1. The molecule has 0 amide bonds. The predicted octanol–water partition coefficient (Wildman–Crippen LogP) is 1.98. The third kappa shape index (κ3) is 3.61. The molecule has 1 fully saturated rings. The first-order valence-corrected chi connectivity index (χ1v) is 9.94. The molecule has 2 heterocycles. The first kappa shape index (κ1) is 18.8. The third-order valence-electron chi connectivity index (χ3n) is 4.54. The zero-order valence-corrected chi connectivity index (χ0v) is 15.2. The minimum Gasteiger partial charge on any atom is -0.494 e. The van der Waals surface area contributed by atoms with Gasteiger partial charge in [-0.2, -0.15) is 5.26 Å². The largest absolute Gasteiger partial charge is 0.494 e. The van der Waals surface area contributed by atoms with Crippen molar-refractivity contribution in [3.63, 3.8) is 0 Å². The minimum atomic E-state index is -3.30. The first-order chi connectivity index (χ1) is 12.7. The second-order valence-corrected chi connectivity index (χ2v) is 8.54. The number of aromatic nitrogens is 1. The lowest BCUT2D eigenvalue weighted by Gasteiger charge is -2.18. The fraction of sp³-hybridized carbons (Fsp3) is 0.278. The maximum atomic E-state index is 13.0. The van der Waals surface area contributed by atoms with Crippen LogP contribution in [0, 0.1) is 24.1 Å². The third-order valence-corrected chi connectivity index (χ3v) is 6.29.